The molecule has 0 bridgehead atoms. The first kappa shape index (κ1) is 15.9. The maximum absolute atomic E-state index is 12.2. The van der Waals surface area contributed by atoms with Crippen LogP contribution in [-0.2, 0) is 6.42 Å². The molecule has 110 valence electrons. The van der Waals surface area contributed by atoms with Crippen LogP contribution in [0.1, 0.15) is 22.3 Å². The largest absolute Gasteiger partial charge is 0.352 e. The Morgan fingerprint density at radius 2 is 1.86 bits per heavy atom. The van der Waals surface area contributed by atoms with Gasteiger partial charge in [0.25, 0.3) is 5.91 Å². The summed E-state index contributed by atoms with van der Waals surface area (Å²) in [4.78, 5) is 13.2. The minimum atomic E-state index is -0.0147. The van der Waals surface area contributed by atoms with Crippen molar-refractivity contribution in [2.45, 2.75) is 17.7 Å². The van der Waals surface area contributed by atoms with Gasteiger partial charge in [-0.1, -0.05) is 41.9 Å². The average Bonchev–Trinajstić information content (AvgIpc) is 2.52. The van der Waals surface area contributed by atoms with E-state index in [0.717, 1.165) is 33.9 Å². The molecule has 0 aromatic heterocycles. The molecule has 0 atom stereocenters. The van der Waals surface area contributed by atoms with Crippen LogP contribution in [0.3, 0.4) is 0 Å². The zero-order valence-corrected chi connectivity index (χ0v) is 13.5. The van der Waals surface area contributed by atoms with Crippen molar-refractivity contribution in [1.82, 2.24) is 5.32 Å². The van der Waals surface area contributed by atoms with Crippen molar-refractivity contribution >= 4 is 29.3 Å². The van der Waals surface area contributed by atoms with Gasteiger partial charge >= 0.3 is 0 Å². The van der Waals surface area contributed by atoms with Gasteiger partial charge in [0.05, 0.1) is 5.56 Å². The Morgan fingerprint density at radius 1 is 1.14 bits per heavy atom. The molecule has 0 saturated carbocycles. The van der Waals surface area contributed by atoms with Crippen molar-refractivity contribution in [3.8, 4) is 0 Å². The lowest BCUT2D eigenvalue weighted by molar-refractivity contribution is 0.0950. The molecule has 4 heteroatoms. The summed E-state index contributed by atoms with van der Waals surface area (Å²) in [5.41, 5.74) is 1.86. The Labute approximate surface area is 134 Å². The minimum Gasteiger partial charge on any atom is -0.352 e. The lowest BCUT2D eigenvalue weighted by Gasteiger charge is -2.09. The third kappa shape index (κ3) is 4.51. The number of rotatable bonds is 6. The van der Waals surface area contributed by atoms with Crippen LogP contribution in [0.5, 0.6) is 0 Å². The number of benzene rings is 2. The molecule has 0 aliphatic heterocycles. The molecule has 0 heterocycles. The van der Waals surface area contributed by atoms with Crippen LogP contribution in [-0.4, -0.2) is 18.7 Å². The molecule has 0 saturated heterocycles. The molecule has 1 amide bonds. The number of halogens is 1. The highest BCUT2D eigenvalue weighted by atomic mass is 35.5. The summed E-state index contributed by atoms with van der Waals surface area (Å²) in [5.74, 6) is -0.0147. The molecule has 0 aliphatic rings. The van der Waals surface area contributed by atoms with Crippen molar-refractivity contribution in [2.75, 3.05) is 12.8 Å². The highest BCUT2D eigenvalue weighted by Crippen LogP contribution is 2.19. The number of hydrogen-bond donors (Lipinski definition) is 1. The smallest absolute Gasteiger partial charge is 0.252 e. The van der Waals surface area contributed by atoms with Crippen molar-refractivity contribution in [1.29, 1.82) is 0 Å². The molecule has 0 spiro atoms. The van der Waals surface area contributed by atoms with Crippen LogP contribution in [0, 0.1) is 0 Å². The SMILES string of the molecule is CSc1ccccc1C(=O)NCCCc1ccccc1Cl. The van der Waals surface area contributed by atoms with Gasteiger partial charge in [-0.25, -0.2) is 0 Å². The quantitative estimate of drug-likeness (QED) is 0.630. The van der Waals surface area contributed by atoms with E-state index in [-0.39, 0.29) is 5.91 Å². The van der Waals surface area contributed by atoms with Gasteiger partial charge in [0.15, 0.2) is 0 Å². The fourth-order valence-electron chi connectivity index (χ4n) is 2.11. The fraction of sp³-hybridized carbons (Fsp3) is 0.235. The molecule has 2 rings (SSSR count). The Hall–Kier alpha value is -1.45. The molecule has 0 radical (unpaired) electrons. The van der Waals surface area contributed by atoms with Gasteiger partial charge in [0.1, 0.15) is 0 Å². The lowest BCUT2D eigenvalue weighted by Crippen LogP contribution is -2.25. The second kappa shape index (κ2) is 8.11. The Morgan fingerprint density at radius 3 is 2.62 bits per heavy atom. The van der Waals surface area contributed by atoms with E-state index >= 15 is 0 Å². The normalized spacial score (nSPS) is 10.4. The second-order valence-corrected chi connectivity index (χ2v) is 5.91. The number of amides is 1. The Kier molecular flexibility index (Phi) is 6.15. The Bertz CT molecular complexity index is 615. The predicted molar refractivity (Wildman–Crippen MR) is 90.3 cm³/mol. The summed E-state index contributed by atoms with van der Waals surface area (Å²) < 4.78 is 0. The molecule has 2 aromatic carbocycles. The van der Waals surface area contributed by atoms with Gasteiger partial charge in [-0.15, -0.1) is 11.8 Å². The van der Waals surface area contributed by atoms with Gasteiger partial charge < -0.3 is 5.32 Å². The van der Waals surface area contributed by atoms with Crippen molar-refractivity contribution in [3.63, 3.8) is 0 Å². The topological polar surface area (TPSA) is 29.1 Å². The van der Waals surface area contributed by atoms with E-state index in [4.69, 9.17) is 11.6 Å². The first-order chi connectivity index (χ1) is 10.2. The van der Waals surface area contributed by atoms with Crippen LogP contribution in [0.15, 0.2) is 53.4 Å². The molecule has 21 heavy (non-hydrogen) atoms. The number of thioether (sulfide) groups is 1. The van der Waals surface area contributed by atoms with E-state index < -0.39 is 0 Å². The third-order valence-corrected chi connectivity index (χ3v) is 4.38. The molecular weight excluding hydrogens is 302 g/mol. The van der Waals surface area contributed by atoms with Gasteiger partial charge in [-0.3, -0.25) is 4.79 Å². The monoisotopic (exact) mass is 319 g/mol. The molecule has 0 fully saturated rings. The number of carbonyl (C=O) groups is 1. The van der Waals surface area contributed by atoms with Crippen LogP contribution in [0.4, 0.5) is 0 Å². The average molecular weight is 320 g/mol. The van der Waals surface area contributed by atoms with Crippen LogP contribution in [0.2, 0.25) is 5.02 Å². The maximum Gasteiger partial charge on any atom is 0.252 e. The van der Waals surface area contributed by atoms with E-state index in [1.807, 2.05) is 54.8 Å². The lowest BCUT2D eigenvalue weighted by atomic mass is 10.1. The van der Waals surface area contributed by atoms with Gasteiger partial charge in [0, 0.05) is 16.5 Å². The summed E-state index contributed by atoms with van der Waals surface area (Å²) in [6.45, 7) is 0.646. The van der Waals surface area contributed by atoms with Crippen LogP contribution < -0.4 is 5.32 Å². The predicted octanol–water partition coefficient (Wildman–Crippen LogP) is 4.42. The first-order valence-electron chi connectivity index (χ1n) is 6.87. The summed E-state index contributed by atoms with van der Waals surface area (Å²) in [7, 11) is 0. The molecule has 2 nitrogen and oxygen atoms in total. The van der Waals surface area contributed by atoms with Gasteiger partial charge in [-0.05, 0) is 42.9 Å². The van der Waals surface area contributed by atoms with Crippen LogP contribution in [0.25, 0.3) is 0 Å². The molecular formula is C17H18ClNOS. The van der Waals surface area contributed by atoms with Crippen molar-refractivity contribution in [3.05, 3.63) is 64.7 Å². The zero-order valence-electron chi connectivity index (χ0n) is 11.9. The number of nitrogens with one attached hydrogen (secondary N) is 1. The maximum atomic E-state index is 12.2. The minimum absolute atomic E-state index is 0.0147. The van der Waals surface area contributed by atoms with Gasteiger partial charge in [-0.2, -0.15) is 0 Å². The standard InChI is InChI=1S/C17H18ClNOS/c1-21-16-11-5-3-9-14(16)17(20)19-12-6-8-13-7-2-4-10-15(13)18/h2-5,7,9-11H,6,8,12H2,1H3,(H,19,20). The zero-order chi connectivity index (χ0) is 15.1. The summed E-state index contributed by atoms with van der Waals surface area (Å²) in [5, 5.41) is 3.76. The second-order valence-electron chi connectivity index (χ2n) is 4.65. The molecule has 2 aromatic rings. The van der Waals surface area contributed by atoms with E-state index in [0.29, 0.717) is 6.54 Å². The highest BCUT2D eigenvalue weighted by molar-refractivity contribution is 7.98. The molecule has 0 aliphatic carbocycles. The Balaban J connectivity index is 1.83. The summed E-state index contributed by atoms with van der Waals surface area (Å²) in [6.07, 6.45) is 3.71. The summed E-state index contributed by atoms with van der Waals surface area (Å²) in [6, 6.07) is 15.5. The van der Waals surface area contributed by atoms with E-state index in [1.165, 1.54) is 0 Å². The van der Waals surface area contributed by atoms with E-state index in [9.17, 15) is 4.79 Å². The molecule has 0 unspecified atom stereocenters. The molecule has 1 N–H and O–H groups in total. The van der Waals surface area contributed by atoms with E-state index in [1.54, 1.807) is 11.8 Å². The highest BCUT2D eigenvalue weighted by Gasteiger charge is 2.09. The number of carbonyl (C=O) groups excluding carboxylic acids is 1. The number of aryl methyl sites for hydroxylation is 1. The third-order valence-electron chi connectivity index (χ3n) is 3.22. The summed E-state index contributed by atoms with van der Waals surface area (Å²) >= 11 is 7.69. The van der Waals surface area contributed by atoms with Gasteiger partial charge in [0.2, 0.25) is 0 Å². The number of hydrogen-bond acceptors (Lipinski definition) is 2. The van der Waals surface area contributed by atoms with E-state index in [2.05, 4.69) is 5.32 Å². The van der Waals surface area contributed by atoms with Crippen LogP contribution >= 0.6 is 23.4 Å². The van der Waals surface area contributed by atoms with Crippen molar-refractivity contribution in [2.24, 2.45) is 0 Å². The first-order valence-corrected chi connectivity index (χ1v) is 8.47. The fourth-order valence-corrected chi connectivity index (χ4v) is 2.93. The van der Waals surface area contributed by atoms with Crippen molar-refractivity contribution < 1.29 is 4.79 Å².